The van der Waals surface area contributed by atoms with E-state index in [0.717, 1.165) is 30.8 Å². The minimum atomic E-state index is 0.0841. The van der Waals surface area contributed by atoms with Gasteiger partial charge in [0.1, 0.15) is 11.9 Å². The lowest BCUT2D eigenvalue weighted by atomic mass is 9.90. The molecule has 1 aliphatic carbocycles. The molecular weight excluding hydrogens is 262 g/mol. The fourth-order valence-corrected chi connectivity index (χ4v) is 3.45. The van der Waals surface area contributed by atoms with Crippen molar-refractivity contribution in [3.8, 4) is 17.6 Å². The van der Waals surface area contributed by atoms with Crippen LogP contribution in [0.4, 0.5) is 0 Å². The van der Waals surface area contributed by atoms with Crippen LogP contribution < -0.4 is 10.5 Å². The van der Waals surface area contributed by atoms with Gasteiger partial charge >= 0.3 is 0 Å². The highest BCUT2D eigenvalue weighted by atomic mass is 16.5. The van der Waals surface area contributed by atoms with E-state index in [1.165, 1.54) is 25.7 Å². The fourth-order valence-electron chi connectivity index (χ4n) is 3.45. The van der Waals surface area contributed by atoms with Crippen molar-refractivity contribution in [3.05, 3.63) is 29.8 Å². The summed E-state index contributed by atoms with van der Waals surface area (Å²) in [7, 11) is 0. The molecule has 3 nitrogen and oxygen atoms in total. The number of hydrogen-bond donors (Lipinski definition) is 1. The third-order valence-corrected chi connectivity index (χ3v) is 4.47. The van der Waals surface area contributed by atoms with Crippen LogP contribution in [0.5, 0.6) is 5.75 Å². The largest absolute Gasteiger partial charge is 0.489 e. The second kappa shape index (κ2) is 6.51. The van der Waals surface area contributed by atoms with E-state index >= 15 is 0 Å². The van der Waals surface area contributed by atoms with Crippen LogP contribution in [-0.4, -0.2) is 24.9 Å². The summed E-state index contributed by atoms with van der Waals surface area (Å²) in [6.07, 6.45) is 7.13. The third-order valence-electron chi connectivity index (χ3n) is 4.47. The maximum atomic E-state index is 6.25. The van der Waals surface area contributed by atoms with Gasteiger partial charge in [0.25, 0.3) is 0 Å². The standard InChI is InChI=1S/C18H23NO2/c19-12-5-7-15-6-1-2-8-17(15)21-16-9-13-20-18(14-16)10-3-4-11-18/h1-2,6,8,16H,3-4,9-14,19H2. The summed E-state index contributed by atoms with van der Waals surface area (Å²) >= 11 is 0. The van der Waals surface area contributed by atoms with E-state index in [2.05, 4.69) is 11.8 Å². The smallest absolute Gasteiger partial charge is 0.135 e. The molecule has 1 aromatic carbocycles. The molecule has 0 radical (unpaired) electrons. The molecule has 1 saturated carbocycles. The highest BCUT2D eigenvalue weighted by molar-refractivity contribution is 5.46. The zero-order chi connectivity index (χ0) is 14.5. The van der Waals surface area contributed by atoms with Crippen LogP contribution in [-0.2, 0) is 4.74 Å². The molecule has 1 heterocycles. The first-order valence-electron chi connectivity index (χ1n) is 7.90. The quantitative estimate of drug-likeness (QED) is 0.850. The van der Waals surface area contributed by atoms with E-state index in [9.17, 15) is 0 Å². The van der Waals surface area contributed by atoms with Gasteiger partial charge < -0.3 is 15.2 Å². The maximum Gasteiger partial charge on any atom is 0.135 e. The zero-order valence-corrected chi connectivity index (χ0v) is 12.4. The Morgan fingerprint density at radius 2 is 2.10 bits per heavy atom. The van der Waals surface area contributed by atoms with Crippen LogP contribution in [0, 0.1) is 11.8 Å². The number of nitrogens with two attached hydrogens (primary N) is 1. The molecule has 21 heavy (non-hydrogen) atoms. The van der Waals surface area contributed by atoms with Crippen molar-refractivity contribution in [3.63, 3.8) is 0 Å². The second-order valence-electron chi connectivity index (χ2n) is 5.97. The summed E-state index contributed by atoms with van der Waals surface area (Å²) in [5.41, 5.74) is 6.47. The van der Waals surface area contributed by atoms with E-state index in [1.54, 1.807) is 0 Å². The second-order valence-corrected chi connectivity index (χ2v) is 5.97. The molecule has 0 aromatic heterocycles. The van der Waals surface area contributed by atoms with Crippen molar-refractivity contribution >= 4 is 0 Å². The van der Waals surface area contributed by atoms with Crippen molar-refractivity contribution in [2.45, 2.75) is 50.2 Å². The van der Waals surface area contributed by atoms with Crippen LogP contribution in [0.1, 0.15) is 44.1 Å². The van der Waals surface area contributed by atoms with Gasteiger partial charge in [0.2, 0.25) is 0 Å². The first-order chi connectivity index (χ1) is 10.3. The SMILES string of the molecule is NCC#Cc1ccccc1OC1CCOC2(CCCC2)C1. The van der Waals surface area contributed by atoms with E-state index in [4.69, 9.17) is 15.2 Å². The molecule has 1 saturated heterocycles. The van der Waals surface area contributed by atoms with Gasteiger partial charge in [-0.2, -0.15) is 0 Å². The van der Waals surface area contributed by atoms with Crippen LogP contribution >= 0.6 is 0 Å². The van der Waals surface area contributed by atoms with Gasteiger partial charge in [-0.1, -0.05) is 36.8 Å². The lowest BCUT2D eigenvalue weighted by Gasteiger charge is -2.38. The Labute approximate surface area is 126 Å². The van der Waals surface area contributed by atoms with Gasteiger partial charge in [-0.25, -0.2) is 0 Å². The summed E-state index contributed by atoms with van der Waals surface area (Å²) in [6.45, 7) is 1.18. The Hall–Kier alpha value is -1.50. The molecule has 2 aliphatic rings. The van der Waals surface area contributed by atoms with Gasteiger partial charge in [0, 0.05) is 12.8 Å². The lowest BCUT2D eigenvalue weighted by Crippen LogP contribution is -2.41. The molecule has 112 valence electrons. The molecule has 2 N–H and O–H groups in total. The van der Waals surface area contributed by atoms with Gasteiger partial charge in [-0.3, -0.25) is 0 Å². The molecule has 0 amide bonds. The summed E-state index contributed by atoms with van der Waals surface area (Å²) in [5.74, 6) is 6.87. The zero-order valence-electron chi connectivity index (χ0n) is 12.4. The Kier molecular flexibility index (Phi) is 4.48. The molecule has 1 aromatic rings. The summed E-state index contributed by atoms with van der Waals surface area (Å²) < 4.78 is 12.3. The minimum absolute atomic E-state index is 0.0841. The molecule has 1 atom stereocenters. The molecule has 1 spiro atoms. The molecular formula is C18H23NO2. The molecule has 2 fully saturated rings. The maximum absolute atomic E-state index is 6.25. The summed E-state index contributed by atoms with van der Waals surface area (Å²) in [4.78, 5) is 0. The first-order valence-corrected chi connectivity index (χ1v) is 7.90. The summed E-state index contributed by atoms with van der Waals surface area (Å²) in [5, 5.41) is 0. The Balaban J connectivity index is 1.71. The average molecular weight is 285 g/mol. The molecule has 1 unspecified atom stereocenters. The Bertz CT molecular complexity index is 538. The summed E-state index contributed by atoms with van der Waals surface area (Å²) in [6, 6.07) is 7.96. The van der Waals surface area contributed by atoms with Gasteiger partial charge in [0.15, 0.2) is 0 Å². The van der Waals surface area contributed by atoms with Gasteiger partial charge in [0.05, 0.1) is 24.3 Å². The van der Waals surface area contributed by atoms with Crippen LogP contribution in [0.15, 0.2) is 24.3 Å². The fraction of sp³-hybridized carbons (Fsp3) is 0.556. The van der Waals surface area contributed by atoms with Crippen molar-refractivity contribution in [1.82, 2.24) is 0 Å². The highest BCUT2D eigenvalue weighted by Crippen LogP contribution is 2.41. The van der Waals surface area contributed by atoms with Gasteiger partial charge in [-0.05, 0) is 25.0 Å². The third kappa shape index (κ3) is 3.40. The van der Waals surface area contributed by atoms with Crippen LogP contribution in [0.2, 0.25) is 0 Å². The van der Waals surface area contributed by atoms with Crippen molar-refractivity contribution in [1.29, 1.82) is 0 Å². The lowest BCUT2D eigenvalue weighted by molar-refractivity contribution is -0.108. The van der Waals surface area contributed by atoms with Gasteiger partial charge in [-0.15, -0.1) is 0 Å². The number of hydrogen-bond acceptors (Lipinski definition) is 3. The predicted molar refractivity (Wildman–Crippen MR) is 83.2 cm³/mol. The highest BCUT2D eigenvalue weighted by Gasteiger charge is 2.40. The van der Waals surface area contributed by atoms with Crippen LogP contribution in [0.3, 0.4) is 0 Å². The molecule has 3 rings (SSSR count). The monoisotopic (exact) mass is 285 g/mol. The van der Waals surface area contributed by atoms with E-state index in [1.807, 2.05) is 24.3 Å². The van der Waals surface area contributed by atoms with E-state index < -0.39 is 0 Å². The van der Waals surface area contributed by atoms with Crippen LogP contribution in [0.25, 0.3) is 0 Å². The topological polar surface area (TPSA) is 44.5 Å². The Morgan fingerprint density at radius 3 is 2.90 bits per heavy atom. The molecule has 1 aliphatic heterocycles. The van der Waals surface area contributed by atoms with Crippen molar-refractivity contribution in [2.24, 2.45) is 5.73 Å². The minimum Gasteiger partial charge on any atom is -0.489 e. The average Bonchev–Trinajstić information content (AvgIpc) is 2.94. The number of para-hydroxylation sites is 1. The number of benzene rings is 1. The van der Waals surface area contributed by atoms with E-state index in [0.29, 0.717) is 6.54 Å². The predicted octanol–water partition coefficient (Wildman–Crippen LogP) is 2.87. The number of ether oxygens (including phenoxy) is 2. The number of rotatable bonds is 2. The van der Waals surface area contributed by atoms with Crippen molar-refractivity contribution < 1.29 is 9.47 Å². The Morgan fingerprint density at radius 1 is 1.29 bits per heavy atom. The molecule has 3 heteroatoms. The first kappa shape index (κ1) is 14.4. The van der Waals surface area contributed by atoms with E-state index in [-0.39, 0.29) is 11.7 Å². The molecule has 0 bridgehead atoms. The normalized spacial score (nSPS) is 23.6. The van der Waals surface area contributed by atoms with Crippen molar-refractivity contribution in [2.75, 3.05) is 13.2 Å².